The molecule has 20 heavy (non-hydrogen) atoms. The highest BCUT2D eigenvalue weighted by Gasteiger charge is 2.12. The number of imidazole rings is 1. The van der Waals surface area contributed by atoms with Gasteiger partial charge in [0.05, 0.1) is 23.3 Å². The minimum Gasteiger partial charge on any atom is -0.359 e. The molecule has 2 aromatic heterocycles. The molecule has 3 rings (SSSR count). The summed E-state index contributed by atoms with van der Waals surface area (Å²) in [6.07, 6.45) is 0.738. The highest BCUT2D eigenvalue weighted by atomic mass is 35.5. The molecule has 0 aliphatic carbocycles. The van der Waals surface area contributed by atoms with Crippen LogP contribution in [0.1, 0.15) is 22.8 Å². The molecule has 3 aromatic rings. The molecule has 0 spiro atoms. The van der Waals surface area contributed by atoms with E-state index < -0.39 is 0 Å². The average molecular weight is 290 g/mol. The van der Waals surface area contributed by atoms with Crippen LogP contribution in [0.15, 0.2) is 28.8 Å². The fraction of sp³-hybridized carbons (Fsp3) is 0.333. The molecule has 4 nitrogen and oxygen atoms in total. The van der Waals surface area contributed by atoms with Crippen LogP contribution in [0, 0.1) is 13.8 Å². The lowest BCUT2D eigenvalue weighted by molar-refractivity contribution is 0.373. The van der Waals surface area contributed by atoms with Gasteiger partial charge >= 0.3 is 0 Å². The quantitative estimate of drug-likeness (QED) is 0.691. The molecule has 0 saturated carbocycles. The monoisotopic (exact) mass is 289 g/mol. The van der Waals surface area contributed by atoms with Gasteiger partial charge < -0.3 is 9.09 Å². The highest BCUT2D eigenvalue weighted by molar-refractivity contribution is 6.17. The number of aromatic nitrogens is 3. The molecule has 0 aliphatic heterocycles. The molecule has 0 bridgehead atoms. The topological polar surface area (TPSA) is 43.9 Å². The van der Waals surface area contributed by atoms with Crippen molar-refractivity contribution in [2.24, 2.45) is 0 Å². The van der Waals surface area contributed by atoms with Crippen LogP contribution in [0.25, 0.3) is 11.0 Å². The van der Waals surface area contributed by atoms with Gasteiger partial charge in [-0.15, -0.1) is 11.6 Å². The van der Waals surface area contributed by atoms with Gasteiger partial charge in [-0.05, 0) is 31.5 Å². The van der Waals surface area contributed by atoms with Crippen molar-refractivity contribution < 1.29 is 4.52 Å². The molecule has 2 heterocycles. The molecule has 0 radical (unpaired) electrons. The Kier molecular flexibility index (Phi) is 3.49. The smallest absolute Gasteiger partial charge is 0.156 e. The Labute approximate surface area is 122 Å². The number of alkyl halides is 1. The molecule has 0 aliphatic rings. The van der Waals surface area contributed by atoms with Crippen molar-refractivity contribution in [2.75, 3.05) is 5.88 Å². The lowest BCUT2D eigenvalue weighted by Crippen LogP contribution is -2.05. The lowest BCUT2D eigenvalue weighted by atomic mass is 10.2. The first-order valence-electron chi connectivity index (χ1n) is 6.61. The highest BCUT2D eigenvalue weighted by Crippen LogP contribution is 2.20. The molecule has 0 unspecified atom stereocenters. The van der Waals surface area contributed by atoms with Crippen molar-refractivity contribution in [1.82, 2.24) is 14.7 Å². The van der Waals surface area contributed by atoms with E-state index in [0.29, 0.717) is 12.4 Å². The number of benzene rings is 1. The van der Waals surface area contributed by atoms with Gasteiger partial charge in [0.25, 0.3) is 0 Å². The van der Waals surface area contributed by atoms with E-state index in [9.17, 15) is 0 Å². The number of rotatable bonds is 4. The van der Waals surface area contributed by atoms with Gasteiger partial charge in [0.1, 0.15) is 5.82 Å². The fourth-order valence-corrected chi connectivity index (χ4v) is 2.55. The first kappa shape index (κ1) is 13.2. The zero-order chi connectivity index (χ0) is 14.1. The summed E-state index contributed by atoms with van der Waals surface area (Å²) in [5.74, 6) is 2.37. The maximum atomic E-state index is 5.88. The Morgan fingerprint density at radius 2 is 2.10 bits per heavy atom. The van der Waals surface area contributed by atoms with E-state index in [-0.39, 0.29) is 0 Å². The fourth-order valence-electron chi connectivity index (χ4n) is 2.38. The molecule has 0 N–H and O–H groups in total. The van der Waals surface area contributed by atoms with Crippen LogP contribution in [0.4, 0.5) is 0 Å². The van der Waals surface area contributed by atoms with Crippen molar-refractivity contribution in [3.63, 3.8) is 0 Å². The molecule has 0 fully saturated rings. The summed E-state index contributed by atoms with van der Waals surface area (Å²) < 4.78 is 7.48. The van der Waals surface area contributed by atoms with Crippen molar-refractivity contribution in [1.29, 1.82) is 0 Å². The zero-order valence-electron chi connectivity index (χ0n) is 11.6. The van der Waals surface area contributed by atoms with Gasteiger partial charge in [-0.2, -0.15) is 0 Å². The van der Waals surface area contributed by atoms with Crippen LogP contribution in [-0.2, 0) is 13.0 Å². The summed E-state index contributed by atoms with van der Waals surface area (Å²) in [6, 6.07) is 8.21. The maximum absolute atomic E-state index is 5.88. The lowest BCUT2D eigenvalue weighted by Gasteiger charge is -2.06. The Balaban J connectivity index is 2.09. The molecule has 0 amide bonds. The van der Waals surface area contributed by atoms with Gasteiger partial charge in [0.15, 0.2) is 5.76 Å². The molecule has 104 valence electrons. The van der Waals surface area contributed by atoms with E-state index in [1.807, 2.05) is 19.1 Å². The van der Waals surface area contributed by atoms with E-state index in [1.165, 1.54) is 5.56 Å². The summed E-state index contributed by atoms with van der Waals surface area (Å²) in [5.41, 5.74) is 4.20. The van der Waals surface area contributed by atoms with Crippen LogP contribution < -0.4 is 0 Å². The summed E-state index contributed by atoms with van der Waals surface area (Å²) in [4.78, 5) is 4.66. The number of hydrogen-bond donors (Lipinski definition) is 0. The van der Waals surface area contributed by atoms with Crippen LogP contribution in [0.2, 0.25) is 0 Å². The SMILES string of the molecule is Cc1ccc2nc(CCCl)n(Cc3cc(C)no3)c2c1. The second kappa shape index (κ2) is 5.29. The van der Waals surface area contributed by atoms with Crippen LogP contribution in [-0.4, -0.2) is 20.6 Å². The first-order chi connectivity index (χ1) is 9.67. The minimum atomic E-state index is 0.553. The van der Waals surface area contributed by atoms with Crippen molar-refractivity contribution in [2.45, 2.75) is 26.8 Å². The third-order valence-corrected chi connectivity index (χ3v) is 3.48. The molecule has 5 heteroatoms. The van der Waals surface area contributed by atoms with E-state index >= 15 is 0 Å². The normalized spacial score (nSPS) is 11.3. The molecular formula is C15H16ClN3O. The van der Waals surface area contributed by atoms with E-state index in [1.54, 1.807) is 0 Å². The van der Waals surface area contributed by atoms with Gasteiger partial charge in [-0.1, -0.05) is 11.2 Å². The van der Waals surface area contributed by atoms with Gasteiger partial charge in [0, 0.05) is 18.4 Å². The zero-order valence-corrected chi connectivity index (χ0v) is 12.3. The van der Waals surface area contributed by atoms with Gasteiger partial charge in [-0.3, -0.25) is 0 Å². The van der Waals surface area contributed by atoms with E-state index in [0.717, 1.165) is 34.7 Å². The number of aryl methyl sites for hydroxylation is 3. The Hall–Kier alpha value is -1.81. The standard InChI is InChI=1S/C15H16ClN3O/c1-10-3-4-13-14(7-10)19(15(17-13)5-6-16)9-12-8-11(2)18-20-12/h3-4,7-8H,5-6,9H2,1-2H3. The molecular weight excluding hydrogens is 274 g/mol. The largest absolute Gasteiger partial charge is 0.359 e. The molecule has 1 aromatic carbocycles. The van der Waals surface area contributed by atoms with Crippen LogP contribution in [0.3, 0.4) is 0 Å². The summed E-state index contributed by atoms with van der Waals surface area (Å²) >= 11 is 5.88. The number of nitrogens with zero attached hydrogens (tertiary/aromatic N) is 3. The second-order valence-corrected chi connectivity index (χ2v) is 5.36. The maximum Gasteiger partial charge on any atom is 0.156 e. The number of hydrogen-bond acceptors (Lipinski definition) is 3. The van der Waals surface area contributed by atoms with Crippen molar-refractivity contribution >= 4 is 22.6 Å². The third-order valence-electron chi connectivity index (χ3n) is 3.29. The second-order valence-electron chi connectivity index (χ2n) is 4.98. The van der Waals surface area contributed by atoms with Crippen molar-refractivity contribution in [3.05, 3.63) is 47.1 Å². The summed E-state index contributed by atoms with van der Waals surface area (Å²) in [6.45, 7) is 4.63. The Morgan fingerprint density at radius 1 is 1.25 bits per heavy atom. The van der Waals surface area contributed by atoms with Gasteiger partial charge in [0.2, 0.25) is 0 Å². The van der Waals surface area contributed by atoms with Crippen LogP contribution in [0.5, 0.6) is 0 Å². The summed E-state index contributed by atoms with van der Waals surface area (Å²) in [7, 11) is 0. The number of fused-ring (bicyclic) bond motifs is 1. The van der Waals surface area contributed by atoms with Crippen molar-refractivity contribution in [3.8, 4) is 0 Å². The van der Waals surface area contributed by atoms with Gasteiger partial charge in [-0.25, -0.2) is 4.98 Å². The summed E-state index contributed by atoms with van der Waals surface area (Å²) in [5, 5.41) is 3.94. The van der Waals surface area contributed by atoms with Crippen LogP contribution >= 0.6 is 11.6 Å². The third kappa shape index (κ3) is 2.43. The Bertz CT molecular complexity index is 745. The Morgan fingerprint density at radius 3 is 2.80 bits per heavy atom. The number of halogens is 1. The predicted octanol–water partition coefficient (Wildman–Crippen LogP) is 3.47. The molecule has 0 saturated heterocycles. The van der Waals surface area contributed by atoms with E-state index in [2.05, 4.69) is 33.8 Å². The first-order valence-corrected chi connectivity index (χ1v) is 7.15. The molecule has 0 atom stereocenters. The minimum absolute atomic E-state index is 0.553. The average Bonchev–Trinajstić information content (AvgIpc) is 2.96. The predicted molar refractivity (Wildman–Crippen MR) is 79.2 cm³/mol. The van der Waals surface area contributed by atoms with E-state index in [4.69, 9.17) is 16.1 Å².